The van der Waals surface area contributed by atoms with Crippen LogP contribution in [0.4, 0.5) is 0 Å². The second-order valence-corrected chi connectivity index (χ2v) is 4.31. The van der Waals surface area contributed by atoms with Gasteiger partial charge in [0.05, 0.1) is 0 Å². The second kappa shape index (κ2) is 6.22. The van der Waals surface area contributed by atoms with Crippen molar-refractivity contribution in [2.24, 2.45) is 0 Å². The van der Waals surface area contributed by atoms with E-state index in [1.165, 1.54) is 6.07 Å². The summed E-state index contributed by atoms with van der Waals surface area (Å²) in [6.45, 7) is 4.00. The first-order chi connectivity index (χ1) is 10.6. The molecule has 114 valence electrons. The summed E-state index contributed by atoms with van der Waals surface area (Å²) in [7, 11) is 0. The van der Waals surface area contributed by atoms with Gasteiger partial charge in [-0.15, -0.1) is 0 Å². The van der Waals surface area contributed by atoms with E-state index >= 15 is 0 Å². The van der Waals surface area contributed by atoms with Crippen LogP contribution < -0.4 is 5.43 Å². The van der Waals surface area contributed by atoms with E-state index < -0.39 is 22.7 Å². The number of hydrogen-bond acceptors (Lipinski definition) is 5. The van der Waals surface area contributed by atoms with Gasteiger partial charge in [0.25, 0.3) is 0 Å². The lowest BCUT2D eigenvalue weighted by Crippen LogP contribution is -2.00. The number of hydrogen-bond donors (Lipinski definition) is 3. The summed E-state index contributed by atoms with van der Waals surface area (Å²) in [5.74, 6) is -1.67. The highest BCUT2D eigenvalue weighted by Crippen LogP contribution is 2.40. The Kier molecular flexibility index (Phi) is 4.36. The molecule has 0 saturated carbocycles. The largest absolute Gasteiger partial charge is 0.504 e. The Morgan fingerprint density at radius 1 is 0.909 bits per heavy atom. The van der Waals surface area contributed by atoms with E-state index in [9.17, 15) is 20.1 Å². The van der Waals surface area contributed by atoms with Gasteiger partial charge in [-0.2, -0.15) is 0 Å². The van der Waals surface area contributed by atoms with Gasteiger partial charge < -0.3 is 19.7 Å². The van der Waals surface area contributed by atoms with E-state index in [2.05, 4.69) is 0 Å². The first kappa shape index (κ1) is 15.4. The average Bonchev–Trinajstić information content (AvgIpc) is 2.55. The standard InChI is InChI=1S/C15H10O5.C2H6/c16-9-6-11(8-4-2-1-3-5-8)20-12-7-10(17)14(18)15(19)13(9)12;1-2/h1-7,17-19H;1-2H3. The van der Waals surface area contributed by atoms with Gasteiger partial charge in [0.15, 0.2) is 16.9 Å². The fraction of sp³-hybridized carbons (Fsp3) is 0.118. The molecular formula is C17H16O5. The molecule has 0 saturated heterocycles. The molecule has 0 amide bonds. The molecule has 0 aliphatic carbocycles. The average molecular weight is 300 g/mol. The Labute approximate surface area is 126 Å². The summed E-state index contributed by atoms with van der Waals surface area (Å²) in [6.07, 6.45) is 0. The molecule has 0 atom stereocenters. The minimum atomic E-state index is -0.739. The Balaban J connectivity index is 0.000000847. The van der Waals surface area contributed by atoms with Crippen LogP contribution in [0.15, 0.2) is 51.7 Å². The zero-order chi connectivity index (χ0) is 16.3. The summed E-state index contributed by atoms with van der Waals surface area (Å²) in [4.78, 5) is 12.0. The van der Waals surface area contributed by atoms with Crippen molar-refractivity contribution < 1.29 is 19.7 Å². The molecule has 0 aliphatic heterocycles. The van der Waals surface area contributed by atoms with Gasteiger partial charge in [-0.05, 0) is 0 Å². The summed E-state index contributed by atoms with van der Waals surface area (Å²) < 4.78 is 5.51. The lowest BCUT2D eigenvalue weighted by molar-refractivity contribution is 0.370. The molecule has 0 radical (unpaired) electrons. The van der Waals surface area contributed by atoms with Crippen molar-refractivity contribution in [3.05, 3.63) is 52.7 Å². The normalized spacial score (nSPS) is 10.1. The molecule has 0 spiro atoms. The van der Waals surface area contributed by atoms with Crippen LogP contribution in [0, 0.1) is 0 Å². The van der Waals surface area contributed by atoms with Crippen molar-refractivity contribution in [2.45, 2.75) is 13.8 Å². The van der Waals surface area contributed by atoms with Crippen LogP contribution in [0.2, 0.25) is 0 Å². The van der Waals surface area contributed by atoms with Gasteiger partial charge in [0.2, 0.25) is 5.75 Å². The molecule has 5 heteroatoms. The van der Waals surface area contributed by atoms with E-state index in [1.807, 2.05) is 19.9 Å². The minimum absolute atomic E-state index is 0.00385. The topological polar surface area (TPSA) is 90.9 Å². The predicted molar refractivity (Wildman–Crippen MR) is 84.3 cm³/mol. The Morgan fingerprint density at radius 3 is 2.18 bits per heavy atom. The molecule has 0 fully saturated rings. The van der Waals surface area contributed by atoms with E-state index in [0.29, 0.717) is 11.3 Å². The number of benzene rings is 2. The first-order valence-corrected chi connectivity index (χ1v) is 6.85. The Hall–Kier alpha value is -2.95. The van der Waals surface area contributed by atoms with Crippen molar-refractivity contribution in [2.75, 3.05) is 0 Å². The van der Waals surface area contributed by atoms with Crippen molar-refractivity contribution in [1.82, 2.24) is 0 Å². The van der Waals surface area contributed by atoms with Gasteiger partial charge in [0, 0.05) is 17.7 Å². The molecule has 2 aromatic carbocycles. The molecule has 0 aliphatic rings. The quantitative estimate of drug-likeness (QED) is 0.597. The summed E-state index contributed by atoms with van der Waals surface area (Å²) in [5, 5.41) is 28.5. The molecule has 5 nitrogen and oxygen atoms in total. The van der Waals surface area contributed by atoms with Crippen molar-refractivity contribution >= 4 is 11.0 Å². The van der Waals surface area contributed by atoms with Gasteiger partial charge in [-0.25, -0.2) is 0 Å². The maximum atomic E-state index is 12.0. The number of rotatable bonds is 1. The van der Waals surface area contributed by atoms with Gasteiger partial charge in [-0.1, -0.05) is 44.2 Å². The number of aromatic hydroxyl groups is 3. The van der Waals surface area contributed by atoms with Crippen LogP contribution in [0.25, 0.3) is 22.3 Å². The summed E-state index contributed by atoms with van der Waals surface area (Å²) >= 11 is 0. The van der Waals surface area contributed by atoms with Crippen molar-refractivity contribution in [3.63, 3.8) is 0 Å². The van der Waals surface area contributed by atoms with Gasteiger partial charge in [-0.3, -0.25) is 4.79 Å². The molecule has 3 N–H and O–H groups in total. The van der Waals surface area contributed by atoms with E-state index in [0.717, 1.165) is 6.07 Å². The van der Waals surface area contributed by atoms with Crippen molar-refractivity contribution in [1.29, 1.82) is 0 Å². The highest BCUT2D eigenvalue weighted by molar-refractivity contribution is 5.89. The molecule has 3 rings (SSSR count). The lowest BCUT2D eigenvalue weighted by Gasteiger charge is -2.06. The Morgan fingerprint density at radius 2 is 1.55 bits per heavy atom. The molecular weight excluding hydrogens is 284 g/mol. The lowest BCUT2D eigenvalue weighted by atomic mass is 10.1. The smallest absolute Gasteiger partial charge is 0.201 e. The SMILES string of the molecule is CC.O=c1cc(-c2ccccc2)oc2cc(O)c(O)c(O)c12. The molecule has 3 aromatic rings. The molecule has 0 unspecified atom stereocenters. The zero-order valence-corrected chi connectivity index (χ0v) is 12.2. The molecule has 1 heterocycles. The third kappa shape index (κ3) is 2.61. The minimum Gasteiger partial charge on any atom is -0.504 e. The molecule has 22 heavy (non-hydrogen) atoms. The molecule has 1 aromatic heterocycles. The maximum Gasteiger partial charge on any atom is 0.201 e. The van der Waals surface area contributed by atoms with Crippen LogP contribution in [0.5, 0.6) is 17.2 Å². The summed E-state index contributed by atoms with van der Waals surface area (Å²) in [5.41, 5.74) is 0.195. The maximum absolute atomic E-state index is 12.0. The van der Waals surface area contributed by atoms with Gasteiger partial charge in [0.1, 0.15) is 16.7 Å². The van der Waals surface area contributed by atoms with Crippen LogP contribution >= 0.6 is 0 Å². The van der Waals surface area contributed by atoms with E-state index in [-0.39, 0.29) is 11.0 Å². The predicted octanol–water partition coefficient (Wildman–Crippen LogP) is 3.60. The van der Waals surface area contributed by atoms with Crippen molar-refractivity contribution in [3.8, 4) is 28.6 Å². The highest BCUT2D eigenvalue weighted by Gasteiger charge is 2.17. The number of fused-ring (bicyclic) bond motifs is 1. The van der Waals surface area contributed by atoms with E-state index in [4.69, 9.17) is 4.42 Å². The number of phenolic OH excluding ortho intramolecular Hbond substituents is 3. The monoisotopic (exact) mass is 300 g/mol. The fourth-order valence-corrected chi connectivity index (χ4v) is 2.02. The fourth-order valence-electron chi connectivity index (χ4n) is 2.02. The van der Waals surface area contributed by atoms with Crippen LogP contribution in [0.3, 0.4) is 0 Å². The molecule has 0 bridgehead atoms. The van der Waals surface area contributed by atoms with Gasteiger partial charge >= 0.3 is 0 Å². The van der Waals surface area contributed by atoms with Crippen LogP contribution in [-0.2, 0) is 0 Å². The van der Waals surface area contributed by atoms with E-state index in [1.54, 1.807) is 24.3 Å². The summed E-state index contributed by atoms with van der Waals surface area (Å²) in [6, 6.07) is 11.3. The van der Waals surface area contributed by atoms with Crippen LogP contribution in [0.1, 0.15) is 13.8 Å². The third-order valence-electron chi connectivity index (χ3n) is 3.00. The van der Waals surface area contributed by atoms with Crippen LogP contribution in [-0.4, -0.2) is 15.3 Å². The zero-order valence-electron chi connectivity index (χ0n) is 12.2. The first-order valence-electron chi connectivity index (χ1n) is 6.85. The second-order valence-electron chi connectivity index (χ2n) is 4.31. The number of phenols is 3. The highest BCUT2D eigenvalue weighted by atomic mass is 16.3. The Bertz CT molecular complexity index is 850. The third-order valence-corrected chi connectivity index (χ3v) is 3.00.